The average Bonchev–Trinajstić information content (AvgIpc) is 3.02. The molecule has 0 radical (unpaired) electrons. The number of nitrogens with one attached hydrogen (secondary N) is 3. The Morgan fingerprint density at radius 2 is 2.27 bits per heavy atom. The van der Waals surface area contributed by atoms with Crippen molar-refractivity contribution >= 4 is 17.8 Å². The molecule has 1 aromatic heterocycles. The maximum Gasteiger partial charge on any atom is 0.322 e. The Morgan fingerprint density at radius 1 is 1.45 bits per heavy atom. The monoisotopic (exact) mass is 307 g/mol. The maximum atomic E-state index is 14.1. The fourth-order valence-corrected chi connectivity index (χ4v) is 3.32. The van der Waals surface area contributed by atoms with Gasteiger partial charge in [-0.25, -0.2) is 19.2 Å². The first-order chi connectivity index (χ1) is 10.6. The van der Waals surface area contributed by atoms with Gasteiger partial charge in [0.15, 0.2) is 11.6 Å². The first-order valence-electron chi connectivity index (χ1n) is 7.43. The van der Waals surface area contributed by atoms with E-state index in [2.05, 4.69) is 25.9 Å². The number of nitrogens with zero attached hydrogens (tertiary/aromatic N) is 2. The number of hydrogen-bond acceptors (Lipinski definition) is 5. The summed E-state index contributed by atoms with van der Waals surface area (Å²) >= 11 is 0. The number of amides is 3. The molecule has 3 rings (SSSR count). The highest BCUT2D eigenvalue weighted by Crippen LogP contribution is 2.38. The van der Waals surface area contributed by atoms with Crippen molar-refractivity contribution in [1.82, 2.24) is 20.6 Å². The van der Waals surface area contributed by atoms with Crippen molar-refractivity contribution in [3.05, 3.63) is 17.8 Å². The van der Waals surface area contributed by atoms with Gasteiger partial charge in [0.25, 0.3) is 5.91 Å². The van der Waals surface area contributed by atoms with Crippen LogP contribution in [0.25, 0.3) is 0 Å². The summed E-state index contributed by atoms with van der Waals surface area (Å²) in [7, 11) is 0. The number of carbonyl (C=O) groups is 2. The zero-order valence-electron chi connectivity index (χ0n) is 12.3. The van der Waals surface area contributed by atoms with Gasteiger partial charge in [0.05, 0.1) is 5.69 Å². The number of urea groups is 1. The van der Waals surface area contributed by atoms with E-state index in [1.165, 1.54) is 6.33 Å². The summed E-state index contributed by atoms with van der Waals surface area (Å²) in [5.74, 6) is -0.715. The number of anilines is 1. The van der Waals surface area contributed by atoms with Crippen molar-refractivity contribution in [2.75, 3.05) is 11.9 Å². The van der Waals surface area contributed by atoms with Crippen LogP contribution in [0, 0.1) is 11.7 Å². The van der Waals surface area contributed by atoms with E-state index in [4.69, 9.17) is 0 Å². The third-order valence-corrected chi connectivity index (χ3v) is 4.50. The Bertz CT molecular complexity index is 623. The lowest BCUT2D eigenvalue weighted by molar-refractivity contribution is -0.125. The van der Waals surface area contributed by atoms with Crippen molar-refractivity contribution in [1.29, 1.82) is 0 Å². The summed E-state index contributed by atoms with van der Waals surface area (Å²) in [4.78, 5) is 31.3. The quantitative estimate of drug-likeness (QED) is 0.720. The Labute approximate surface area is 127 Å². The van der Waals surface area contributed by atoms with E-state index >= 15 is 0 Å². The van der Waals surface area contributed by atoms with Crippen molar-refractivity contribution < 1.29 is 14.0 Å². The van der Waals surface area contributed by atoms with Gasteiger partial charge in [0, 0.05) is 12.5 Å². The molecule has 0 aromatic carbocycles. The summed E-state index contributed by atoms with van der Waals surface area (Å²) < 4.78 is 14.1. The third-order valence-electron chi connectivity index (χ3n) is 4.50. The zero-order chi connectivity index (χ0) is 15.7. The first-order valence-corrected chi connectivity index (χ1v) is 7.43. The van der Waals surface area contributed by atoms with Gasteiger partial charge in [0.2, 0.25) is 0 Å². The van der Waals surface area contributed by atoms with Gasteiger partial charge in [-0.15, -0.1) is 0 Å². The molecule has 3 amide bonds. The molecule has 118 valence electrons. The van der Waals surface area contributed by atoms with Crippen LogP contribution in [0.5, 0.6) is 0 Å². The Balaban J connectivity index is 1.74. The molecule has 1 aliphatic carbocycles. The van der Waals surface area contributed by atoms with Gasteiger partial charge in [0.1, 0.15) is 11.9 Å². The van der Waals surface area contributed by atoms with Crippen LogP contribution < -0.4 is 16.0 Å². The van der Waals surface area contributed by atoms with E-state index in [0.717, 1.165) is 12.8 Å². The summed E-state index contributed by atoms with van der Waals surface area (Å²) in [6, 6.07) is -0.460. The lowest BCUT2D eigenvalue weighted by Crippen LogP contribution is -2.51. The van der Waals surface area contributed by atoms with Crippen molar-refractivity contribution in [2.24, 2.45) is 5.92 Å². The summed E-state index contributed by atoms with van der Waals surface area (Å²) in [5, 5.41) is 7.99. The van der Waals surface area contributed by atoms with Crippen LogP contribution in [0.1, 0.15) is 31.9 Å². The average molecular weight is 307 g/mol. The molecular formula is C14H18FN5O2. The van der Waals surface area contributed by atoms with Gasteiger partial charge < -0.3 is 10.6 Å². The Kier molecular flexibility index (Phi) is 3.67. The predicted octanol–water partition coefficient (Wildman–Crippen LogP) is 0.968. The molecule has 0 bridgehead atoms. The maximum absolute atomic E-state index is 14.1. The van der Waals surface area contributed by atoms with E-state index < -0.39 is 17.4 Å². The van der Waals surface area contributed by atoms with Crippen LogP contribution in [0.3, 0.4) is 0 Å². The smallest absolute Gasteiger partial charge is 0.322 e. The molecule has 1 aliphatic heterocycles. The van der Waals surface area contributed by atoms with Gasteiger partial charge in [-0.2, -0.15) is 0 Å². The molecule has 8 heteroatoms. The van der Waals surface area contributed by atoms with Crippen LogP contribution in [0.4, 0.5) is 15.0 Å². The van der Waals surface area contributed by atoms with E-state index in [0.29, 0.717) is 25.1 Å². The molecule has 2 aliphatic rings. The molecule has 1 saturated heterocycles. The number of hydrogen-bond donors (Lipinski definition) is 3. The molecule has 1 aromatic rings. The molecule has 7 nitrogen and oxygen atoms in total. The standard InChI is InChI=1S/C14H18FN5O2/c1-2-9-10(15)11(18-7-17-9)16-6-8-4-3-5-14(8)12(21)19-13(22)20-14/h7-8H,2-6H2,1H3,(H,16,17,18)(H2,19,20,21,22)/t8-,14+/m1/s1. The Morgan fingerprint density at radius 3 is 2.95 bits per heavy atom. The van der Waals surface area contributed by atoms with Crippen molar-refractivity contribution in [3.63, 3.8) is 0 Å². The second kappa shape index (κ2) is 5.51. The highest BCUT2D eigenvalue weighted by atomic mass is 19.1. The van der Waals surface area contributed by atoms with Gasteiger partial charge in [-0.3, -0.25) is 10.1 Å². The minimum atomic E-state index is -0.874. The third kappa shape index (κ3) is 2.28. The van der Waals surface area contributed by atoms with Crippen LogP contribution >= 0.6 is 0 Å². The lowest BCUT2D eigenvalue weighted by Gasteiger charge is -2.28. The molecular weight excluding hydrogens is 289 g/mol. The molecule has 3 N–H and O–H groups in total. The van der Waals surface area contributed by atoms with Gasteiger partial charge >= 0.3 is 6.03 Å². The van der Waals surface area contributed by atoms with E-state index in [1.807, 2.05) is 6.92 Å². The van der Waals surface area contributed by atoms with Crippen molar-refractivity contribution in [2.45, 2.75) is 38.1 Å². The number of rotatable bonds is 4. The highest BCUT2D eigenvalue weighted by Gasteiger charge is 2.54. The van der Waals surface area contributed by atoms with Gasteiger partial charge in [-0.05, 0) is 19.3 Å². The minimum Gasteiger partial charge on any atom is -0.367 e. The molecule has 2 heterocycles. The van der Waals surface area contributed by atoms with Crippen LogP contribution in [-0.4, -0.2) is 34.0 Å². The second-order valence-corrected chi connectivity index (χ2v) is 5.69. The van der Waals surface area contributed by atoms with E-state index in [9.17, 15) is 14.0 Å². The summed E-state index contributed by atoms with van der Waals surface area (Å²) in [6.45, 7) is 2.18. The fourth-order valence-electron chi connectivity index (χ4n) is 3.32. The molecule has 1 saturated carbocycles. The summed E-state index contributed by atoms with van der Waals surface area (Å²) in [5.41, 5.74) is -0.521. The molecule has 1 spiro atoms. The predicted molar refractivity (Wildman–Crippen MR) is 76.6 cm³/mol. The summed E-state index contributed by atoms with van der Waals surface area (Å²) in [6.07, 6.45) is 4.03. The largest absolute Gasteiger partial charge is 0.367 e. The number of imide groups is 1. The highest BCUT2D eigenvalue weighted by molar-refractivity contribution is 6.07. The second-order valence-electron chi connectivity index (χ2n) is 5.69. The first kappa shape index (κ1) is 14.7. The van der Waals surface area contributed by atoms with Crippen LogP contribution in [-0.2, 0) is 11.2 Å². The number of carbonyl (C=O) groups excluding carboxylic acids is 2. The molecule has 2 fully saturated rings. The number of halogens is 1. The Hall–Kier alpha value is -2.25. The number of aryl methyl sites for hydroxylation is 1. The van der Waals surface area contributed by atoms with Crippen LogP contribution in [0.2, 0.25) is 0 Å². The number of aromatic nitrogens is 2. The SMILES string of the molecule is CCc1ncnc(NC[C@H]2CCC[C@]23NC(=O)NC3=O)c1F. The molecule has 0 unspecified atom stereocenters. The normalized spacial score (nSPS) is 27.1. The topological polar surface area (TPSA) is 96.0 Å². The van der Waals surface area contributed by atoms with Gasteiger partial charge in [-0.1, -0.05) is 13.3 Å². The lowest BCUT2D eigenvalue weighted by atomic mass is 9.87. The van der Waals surface area contributed by atoms with E-state index in [1.54, 1.807) is 0 Å². The van der Waals surface area contributed by atoms with Crippen LogP contribution in [0.15, 0.2) is 6.33 Å². The minimum absolute atomic E-state index is 0.0987. The zero-order valence-corrected chi connectivity index (χ0v) is 12.3. The molecule has 22 heavy (non-hydrogen) atoms. The molecule has 2 atom stereocenters. The fraction of sp³-hybridized carbons (Fsp3) is 0.571. The van der Waals surface area contributed by atoms with E-state index in [-0.39, 0.29) is 17.6 Å². The van der Waals surface area contributed by atoms with Crippen molar-refractivity contribution in [3.8, 4) is 0 Å².